The summed E-state index contributed by atoms with van der Waals surface area (Å²) in [4.78, 5) is 28.6. The van der Waals surface area contributed by atoms with E-state index in [-0.39, 0.29) is 44.6 Å². The van der Waals surface area contributed by atoms with E-state index in [1.54, 1.807) is 5.57 Å². The second-order valence-electron chi connectivity index (χ2n) is 27.0. The van der Waals surface area contributed by atoms with Crippen LogP contribution in [0.15, 0.2) is 11.6 Å². The lowest BCUT2D eigenvalue weighted by Gasteiger charge is -2.72. The van der Waals surface area contributed by atoms with Gasteiger partial charge in [0.1, 0.15) is 11.9 Å². The van der Waals surface area contributed by atoms with Crippen LogP contribution in [0.2, 0.25) is 0 Å². The van der Waals surface area contributed by atoms with E-state index in [4.69, 9.17) is 4.74 Å². The molecule has 8 saturated carbocycles. The number of Topliss-reactive ketones (excluding diaryl/α,β-unsaturated/α-hetero) is 1. The monoisotopic (exact) mass is 825 g/mol. The van der Waals surface area contributed by atoms with Gasteiger partial charge in [-0.3, -0.25) is 9.59 Å². The number of rotatable bonds is 8. The molecule has 0 N–H and O–H groups in total. The highest BCUT2D eigenvalue weighted by Crippen LogP contribution is 2.78. The van der Waals surface area contributed by atoms with Crippen molar-refractivity contribution in [3.05, 3.63) is 11.6 Å². The van der Waals surface area contributed by atoms with Crippen LogP contribution in [0.3, 0.4) is 0 Å². The minimum Gasteiger partial charge on any atom is -0.462 e. The van der Waals surface area contributed by atoms with Gasteiger partial charge in [-0.25, -0.2) is 0 Å². The molecule has 0 bridgehead atoms. The highest BCUT2D eigenvalue weighted by molar-refractivity contribution is 5.85. The zero-order valence-electron chi connectivity index (χ0n) is 41.2. The van der Waals surface area contributed by atoms with Crippen molar-refractivity contribution in [2.75, 3.05) is 0 Å². The molecule has 8 fully saturated rings. The number of carbonyl (C=O) groups excluding carboxylic acids is 2. The molecule has 0 aromatic heterocycles. The van der Waals surface area contributed by atoms with E-state index in [0.717, 1.165) is 74.0 Å². The third-order valence-electron chi connectivity index (χ3n) is 24.0. The van der Waals surface area contributed by atoms with Crippen LogP contribution in [0.1, 0.15) is 218 Å². The van der Waals surface area contributed by atoms with Crippen molar-refractivity contribution >= 4 is 11.8 Å². The number of ketones is 1. The molecule has 0 spiro atoms. The summed E-state index contributed by atoms with van der Waals surface area (Å²) in [6.07, 6.45) is 28.4. The third-order valence-corrected chi connectivity index (χ3v) is 24.0. The molecule has 4 unspecified atom stereocenters. The molecule has 338 valence electrons. The number of allylic oxidation sites excluding steroid dienone is 1. The molecular weight excluding hydrogens is 733 g/mol. The molecule has 0 saturated heterocycles. The smallest absolute Gasteiger partial charge is 0.312 e. The summed E-state index contributed by atoms with van der Waals surface area (Å²) < 4.78 is 7.02. The first kappa shape index (κ1) is 44.1. The summed E-state index contributed by atoms with van der Waals surface area (Å²) in [6, 6.07) is 0. The van der Waals surface area contributed by atoms with Crippen molar-refractivity contribution in [3.8, 4) is 0 Å². The van der Waals surface area contributed by atoms with Gasteiger partial charge >= 0.3 is 5.97 Å². The first-order chi connectivity index (χ1) is 28.2. The number of hydrogen-bond donors (Lipinski definition) is 0. The fourth-order valence-corrected chi connectivity index (χ4v) is 20.6. The van der Waals surface area contributed by atoms with Crippen LogP contribution in [-0.4, -0.2) is 17.9 Å². The summed E-state index contributed by atoms with van der Waals surface area (Å²) in [5, 5.41) is 0. The van der Waals surface area contributed by atoms with Gasteiger partial charge < -0.3 is 4.74 Å². The van der Waals surface area contributed by atoms with E-state index < -0.39 is 0 Å². The Bertz CT molecular complexity index is 1700. The number of ether oxygens (including phenoxy) is 1. The van der Waals surface area contributed by atoms with Crippen LogP contribution in [0.25, 0.3) is 0 Å². The molecule has 9 aliphatic carbocycles. The lowest BCUT2D eigenvalue weighted by Crippen LogP contribution is -2.67. The van der Waals surface area contributed by atoms with Crippen molar-refractivity contribution < 1.29 is 14.3 Å². The molecule has 0 radical (unpaired) electrons. The maximum atomic E-state index is 15.3. The molecule has 0 aromatic carbocycles. The Morgan fingerprint density at radius 2 is 1.45 bits per heavy atom. The van der Waals surface area contributed by atoms with Gasteiger partial charge in [-0.05, 0) is 201 Å². The topological polar surface area (TPSA) is 43.4 Å². The molecule has 60 heavy (non-hydrogen) atoms. The van der Waals surface area contributed by atoms with Gasteiger partial charge in [0.25, 0.3) is 0 Å². The first-order valence-electron chi connectivity index (χ1n) is 26.6. The Balaban J connectivity index is 0.911. The Hall–Kier alpha value is -1.12. The molecular formula is C57H92O3. The molecule has 0 aliphatic heterocycles. The summed E-state index contributed by atoms with van der Waals surface area (Å²) in [5.41, 5.74) is 2.64. The van der Waals surface area contributed by atoms with Crippen LogP contribution in [0, 0.1) is 109 Å². The predicted octanol–water partition coefficient (Wildman–Crippen LogP) is 15.2. The lowest BCUT2D eigenvalue weighted by atomic mass is 9.32. The lowest BCUT2D eigenvalue weighted by molar-refractivity contribution is -0.238. The average Bonchev–Trinajstić information content (AvgIpc) is 3.76. The molecule has 0 heterocycles. The Morgan fingerprint density at radius 1 is 0.700 bits per heavy atom. The van der Waals surface area contributed by atoms with Gasteiger partial charge in [-0.15, -0.1) is 0 Å². The second-order valence-corrected chi connectivity index (χ2v) is 27.0. The Morgan fingerprint density at radius 3 is 2.18 bits per heavy atom. The van der Waals surface area contributed by atoms with Gasteiger partial charge in [-0.1, -0.05) is 114 Å². The zero-order chi connectivity index (χ0) is 43.0. The maximum Gasteiger partial charge on any atom is 0.312 e. The minimum atomic E-state index is -0.311. The Kier molecular flexibility index (Phi) is 11.0. The molecule has 17 atom stereocenters. The fourth-order valence-electron chi connectivity index (χ4n) is 20.6. The number of fused-ring (bicyclic) bond motifs is 12. The molecule has 0 aromatic rings. The maximum absolute atomic E-state index is 15.3. The molecule has 3 heteroatoms. The number of esters is 1. The first-order valence-corrected chi connectivity index (χ1v) is 26.6. The van der Waals surface area contributed by atoms with Gasteiger partial charge in [0.05, 0.1) is 5.41 Å². The van der Waals surface area contributed by atoms with Crippen molar-refractivity contribution in [3.63, 3.8) is 0 Å². The largest absolute Gasteiger partial charge is 0.462 e. The van der Waals surface area contributed by atoms with Crippen molar-refractivity contribution in [1.82, 2.24) is 0 Å². The molecule has 9 rings (SSSR count). The van der Waals surface area contributed by atoms with E-state index >= 15 is 4.79 Å². The fraction of sp³-hybridized carbons (Fsp3) is 0.930. The SMILES string of the molecule is CC(C)CCC[C@@H](C)C1CC[C@H]2[C@@H]3CC=C4C[C@H](OC(=O)[C@]56CCC(C(C)C)C5[C@H]5CC[C@@H]7[C@@]8(C)CCC(=O)C(C)(C)C8CC[C@@]7(C)[C@]5(C)CC6)CC[C@]4(C)[C@H]3CC[C@]12C. The van der Waals surface area contributed by atoms with E-state index in [2.05, 4.69) is 89.2 Å². The summed E-state index contributed by atoms with van der Waals surface area (Å²) >= 11 is 0. The standard InChI is InChI=1S/C57H92O3/c1-35(2)14-13-15-37(5)42-18-19-43-41-17-16-38-34-39(22-27-52(38,8)44(41)24-28-53(42,43)9)60-50(59)57-31-23-40(36(3)4)49(57)45-20-21-47-54(10)29-26-48(58)51(6,7)46(54)25-30-56(47,12)55(45,11)32-33-57/h16,35-37,39-47,49H,13-15,17-34H2,1-12H3/t37-,39-,40?,41+,42?,43+,44+,45-,46?,47-,49?,52+,53-,54+,55-,56-,57+/m1/s1. The van der Waals surface area contributed by atoms with Gasteiger partial charge in [0.2, 0.25) is 0 Å². The van der Waals surface area contributed by atoms with E-state index in [1.807, 2.05) is 0 Å². The van der Waals surface area contributed by atoms with Gasteiger partial charge in [-0.2, -0.15) is 0 Å². The van der Waals surface area contributed by atoms with E-state index in [1.165, 1.54) is 96.3 Å². The Labute approximate surface area is 369 Å². The molecule has 3 nitrogen and oxygen atoms in total. The molecule has 9 aliphatic rings. The summed E-state index contributed by atoms with van der Waals surface area (Å²) in [5.74, 6) is 9.19. The van der Waals surface area contributed by atoms with Crippen molar-refractivity contribution in [2.45, 2.75) is 224 Å². The van der Waals surface area contributed by atoms with Gasteiger partial charge in [0.15, 0.2) is 0 Å². The normalized spacial score (nSPS) is 51.0. The van der Waals surface area contributed by atoms with Gasteiger partial charge in [0, 0.05) is 18.3 Å². The van der Waals surface area contributed by atoms with Crippen LogP contribution >= 0.6 is 0 Å². The molecule has 0 amide bonds. The van der Waals surface area contributed by atoms with Crippen LogP contribution in [-0.2, 0) is 14.3 Å². The third kappa shape index (κ3) is 6.15. The summed E-state index contributed by atoms with van der Waals surface area (Å²) in [6.45, 7) is 30.2. The highest BCUT2D eigenvalue weighted by atomic mass is 16.5. The van der Waals surface area contributed by atoms with E-state index in [0.29, 0.717) is 46.7 Å². The number of carbonyl (C=O) groups is 2. The second kappa shape index (κ2) is 15.0. The zero-order valence-corrected chi connectivity index (χ0v) is 41.2. The predicted molar refractivity (Wildman–Crippen MR) is 247 cm³/mol. The van der Waals surface area contributed by atoms with Crippen LogP contribution in [0.5, 0.6) is 0 Å². The highest BCUT2D eigenvalue weighted by Gasteiger charge is 2.72. The number of hydrogen-bond acceptors (Lipinski definition) is 3. The van der Waals surface area contributed by atoms with Crippen molar-refractivity contribution in [1.29, 1.82) is 0 Å². The van der Waals surface area contributed by atoms with Crippen LogP contribution < -0.4 is 0 Å². The average molecular weight is 825 g/mol. The van der Waals surface area contributed by atoms with E-state index in [9.17, 15) is 4.79 Å². The van der Waals surface area contributed by atoms with Crippen LogP contribution in [0.4, 0.5) is 0 Å². The van der Waals surface area contributed by atoms with Crippen molar-refractivity contribution in [2.24, 2.45) is 109 Å². The quantitative estimate of drug-likeness (QED) is 0.181. The summed E-state index contributed by atoms with van der Waals surface area (Å²) in [7, 11) is 0. The minimum absolute atomic E-state index is 0.0482.